The molecule has 0 saturated heterocycles. The van der Waals surface area contributed by atoms with Crippen LogP contribution in [0.1, 0.15) is 11.1 Å². The maximum absolute atomic E-state index is 12.1. The van der Waals surface area contributed by atoms with Gasteiger partial charge in [-0.25, -0.2) is 0 Å². The minimum Gasteiger partial charge on any atom is -0.394 e. The molecule has 6 heteroatoms. The quantitative estimate of drug-likeness (QED) is 0.516. The molecular weight excluding hydrogens is 332 g/mol. The van der Waals surface area contributed by atoms with Gasteiger partial charge in [0.15, 0.2) is 0 Å². The molecule has 0 radical (unpaired) electrons. The molecule has 0 heterocycles. The maximum atomic E-state index is 12.1. The number of nitrogens with one attached hydrogen (secondary N) is 2. The van der Waals surface area contributed by atoms with Crippen LogP contribution in [0.25, 0.3) is 0 Å². The topological polar surface area (TPSA) is 98.7 Å². The summed E-state index contributed by atoms with van der Waals surface area (Å²) in [5.74, 6) is -1.65. The Kier molecular flexibility index (Phi) is 7.79. The molecule has 4 N–H and O–H groups in total. The molecule has 2 amide bonds. The van der Waals surface area contributed by atoms with E-state index in [1.54, 1.807) is 0 Å². The van der Waals surface area contributed by atoms with E-state index in [1.165, 1.54) is 0 Å². The first-order valence-corrected chi connectivity index (χ1v) is 8.53. The fourth-order valence-corrected chi connectivity index (χ4v) is 2.62. The predicted molar refractivity (Wildman–Crippen MR) is 98.3 cm³/mol. The molecule has 2 atom stereocenters. The summed E-state index contributed by atoms with van der Waals surface area (Å²) >= 11 is 0. The Labute approximate surface area is 152 Å². The van der Waals surface area contributed by atoms with Gasteiger partial charge in [-0.1, -0.05) is 60.7 Å². The van der Waals surface area contributed by atoms with Gasteiger partial charge in [-0.15, -0.1) is 0 Å². The zero-order valence-electron chi connectivity index (χ0n) is 14.5. The van der Waals surface area contributed by atoms with Crippen molar-refractivity contribution < 1.29 is 19.8 Å². The average molecular weight is 356 g/mol. The fourth-order valence-electron chi connectivity index (χ4n) is 2.62. The van der Waals surface area contributed by atoms with Gasteiger partial charge in [-0.05, 0) is 24.0 Å². The standard InChI is InChI=1S/C20H24N2O4/c23-13-17(11-15-7-3-1-4-8-15)21-19(25)20(26)22-18(14-24)12-16-9-5-2-6-10-16/h1-10,17-18,23-24H,11-14H2,(H,21,25)(H,22,26)/t17-,18-/m0/s1. The van der Waals surface area contributed by atoms with Gasteiger partial charge in [-0.2, -0.15) is 0 Å². The van der Waals surface area contributed by atoms with E-state index in [9.17, 15) is 19.8 Å². The highest BCUT2D eigenvalue weighted by Crippen LogP contribution is 2.04. The van der Waals surface area contributed by atoms with Crippen LogP contribution in [-0.2, 0) is 22.4 Å². The monoisotopic (exact) mass is 356 g/mol. The van der Waals surface area contributed by atoms with Crippen LogP contribution < -0.4 is 10.6 Å². The third kappa shape index (κ3) is 6.31. The molecule has 0 aromatic heterocycles. The van der Waals surface area contributed by atoms with Gasteiger partial charge < -0.3 is 20.8 Å². The third-order valence-electron chi connectivity index (χ3n) is 3.97. The average Bonchev–Trinajstić information content (AvgIpc) is 2.68. The minimum atomic E-state index is -0.827. The molecule has 2 aromatic rings. The molecule has 2 aromatic carbocycles. The van der Waals surface area contributed by atoms with Crippen molar-refractivity contribution in [3.63, 3.8) is 0 Å². The smallest absolute Gasteiger partial charge is 0.309 e. The summed E-state index contributed by atoms with van der Waals surface area (Å²) in [6, 6.07) is 17.7. The van der Waals surface area contributed by atoms with Crippen LogP contribution in [0.15, 0.2) is 60.7 Å². The molecule has 0 unspecified atom stereocenters. The lowest BCUT2D eigenvalue weighted by Gasteiger charge is -2.19. The minimum absolute atomic E-state index is 0.276. The van der Waals surface area contributed by atoms with Crippen LogP contribution >= 0.6 is 0 Å². The van der Waals surface area contributed by atoms with E-state index in [1.807, 2.05) is 60.7 Å². The Hall–Kier alpha value is -2.70. The highest BCUT2D eigenvalue weighted by Gasteiger charge is 2.21. The van der Waals surface area contributed by atoms with Crippen molar-refractivity contribution in [1.82, 2.24) is 10.6 Å². The second-order valence-corrected chi connectivity index (χ2v) is 6.09. The summed E-state index contributed by atoms with van der Waals surface area (Å²) < 4.78 is 0. The Morgan fingerprint density at radius 2 is 1.04 bits per heavy atom. The Morgan fingerprint density at radius 3 is 1.35 bits per heavy atom. The molecule has 0 spiro atoms. The first kappa shape index (κ1) is 19.6. The van der Waals surface area contributed by atoms with Crippen LogP contribution in [-0.4, -0.2) is 47.3 Å². The molecule has 0 fully saturated rings. The van der Waals surface area contributed by atoms with E-state index >= 15 is 0 Å². The van der Waals surface area contributed by atoms with Crippen molar-refractivity contribution in [1.29, 1.82) is 0 Å². The number of carbonyl (C=O) groups excluding carboxylic acids is 2. The van der Waals surface area contributed by atoms with E-state index in [-0.39, 0.29) is 13.2 Å². The molecule has 0 bridgehead atoms. The van der Waals surface area contributed by atoms with Crippen molar-refractivity contribution in [2.45, 2.75) is 24.9 Å². The van der Waals surface area contributed by atoms with Gasteiger partial charge in [0.05, 0.1) is 25.3 Å². The van der Waals surface area contributed by atoms with E-state index in [0.717, 1.165) is 11.1 Å². The number of rotatable bonds is 8. The van der Waals surface area contributed by atoms with Crippen molar-refractivity contribution in [3.05, 3.63) is 71.8 Å². The highest BCUT2D eigenvalue weighted by molar-refractivity contribution is 6.35. The van der Waals surface area contributed by atoms with Gasteiger partial charge in [-0.3, -0.25) is 9.59 Å². The summed E-state index contributed by atoms with van der Waals surface area (Å²) in [5.41, 5.74) is 1.90. The maximum Gasteiger partial charge on any atom is 0.309 e. The number of hydrogen-bond donors (Lipinski definition) is 4. The van der Waals surface area contributed by atoms with Crippen LogP contribution in [0.4, 0.5) is 0 Å². The number of aliphatic hydroxyl groups excluding tert-OH is 2. The van der Waals surface area contributed by atoms with Gasteiger partial charge in [0.2, 0.25) is 0 Å². The molecule has 26 heavy (non-hydrogen) atoms. The van der Waals surface area contributed by atoms with Crippen molar-refractivity contribution in [3.8, 4) is 0 Å². The van der Waals surface area contributed by atoms with E-state index in [2.05, 4.69) is 10.6 Å². The molecule has 6 nitrogen and oxygen atoms in total. The summed E-state index contributed by atoms with van der Waals surface area (Å²) in [7, 11) is 0. The fraction of sp³-hybridized carbons (Fsp3) is 0.300. The van der Waals surface area contributed by atoms with Crippen molar-refractivity contribution in [2.24, 2.45) is 0 Å². The van der Waals surface area contributed by atoms with Crippen molar-refractivity contribution in [2.75, 3.05) is 13.2 Å². The molecule has 0 aliphatic carbocycles. The van der Waals surface area contributed by atoms with Gasteiger partial charge in [0.25, 0.3) is 0 Å². The second kappa shape index (κ2) is 10.3. The van der Waals surface area contributed by atoms with Crippen LogP contribution in [0.2, 0.25) is 0 Å². The lowest BCUT2D eigenvalue weighted by molar-refractivity contribution is -0.140. The number of amides is 2. The van der Waals surface area contributed by atoms with E-state index < -0.39 is 23.9 Å². The SMILES string of the molecule is O=C(N[C@H](CO)Cc1ccccc1)C(=O)N[C@H](CO)Cc1ccccc1. The Morgan fingerprint density at radius 1 is 0.692 bits per heavy atom. The second-order valence-electron chi connectivity index (χ2n) is 6.09. The predicted octanol–water partition coefficient (Wildman–Crippen LogP) is 0.426. The van der Waals surface area contributed by atoms with Gasteiger partial charge in [0.1, 0.15) is 0 Å². The molecule has 0 aliphatic heterocycles. The first-order chi connectivity index (χ1) is 12.6. The molecule has 2 rings (SSSR count). The van der Waals surface area contributed by atoms with Gasteiger partial charge in [0, 0.05) is 0 Å². The third-order valence-corrected chi connectivity index (χ3v) is 3.97. The first-order valence-electron chi connectivity index (χ1n) is 8.53. The summed E-state index contributed by atoms with van der Waals surface area (Å²) in [6.07, 6.45) is 0.841. The van der Waals surface area contributed by atoms with Crippen LogP contribution in [0.3, 0.4) is 0 Å². The largest absolute Gasteiger partial charge is 0.394 e. The van der Waals surface area contributed by atoms with Crippen LogP contribution in [0, 0.1) is 0 Å². The van der Waals surface area contributed by atoms with E-state index in [0.29, 0.717) is 12.8 Å². The zero-order chi connectivity index (χ0) is 18.8. The van der Waals surface area contributed by atoms with Gasteiger partial charge >= 0.3 is 11.8 Å². The molecule has 138 valence electrons. The number of hydrogen-bond acceptors (Lipinski definition) is 4. The molecular formula is C20H24N2O4. The normalized spacial score (nSPS) is 12.8. The lowest BCUT2D eigenvalue weighted by atomic mass is 10.1. The van der Waals surface area contributed by atoms with E-state index in [4.69, 9.17) is 0 Å². The van der Waals surface area contributed by atoms with Crippen molar-refractivity contribution >= 4 is 11.8 Å². The number of carbonyl (C=O) groups is 2. The summed E-state index contributed by atoms with van der Waals surface area (Å²) in [5, 5.41) is 24.0. The Bertz CT molecular complexity index is 630. The number of aliphatic hydroxyl groups is 2. The Balaban J connectivity index is 1.87. The highest BCUT2D eigenvalue weighted by atomic mass is 16.3. The number of benzene rings is 2. The summed E-state index contributed by atoms with van der Waals surface area (Å²) in [6.45, 7) is -0.553. The molecule has 0 saturated carbocycles. The molecule has 0 aliphatic rings. The lowest BCUT2D eigenvalue weighted by Crippen LogP contribution is -2.50. The van der Waals surface area contributed by atoms with Crippen LogP contribution in [0.5, 0.6) is 0 Å². The zero-order valence-corrected chi connectivity index (χ0v) is 14.5. The summed E-state index contributed by atoms with van der Waals surface area (Å²) in [4.78, 5) is 24.2.